The van der Waals surface area contributed by atoms with Crippen molar-refractivity contribution in [1.29, 1.82) is 0 Å². The Hall–Kier alpha value is -2.67. The van der Waals surface area contributed by atoms with E-state index in [9.17, 15) is 28.3 Å². The van der Waals surface area contributed by atoms with Crippen molar-refractivity contribution in [2.75, 3.05) is 18.9 Å². The Balaban J connectivity index is 1.90. The second-order valence-corrected chi connectivity index (χ2v) is 13.4. The lowest BCUT2D eigenvalue weighted by atomic mass is 9.97. The average molecular weight is 644 g/mol. The van der Waals surface area contributed by atoms with E-state index in [0.29, 0.717) is 0 Å². The fraction of sp³-hybridized carbons (Fsp3) is 0.682. The molecule has 15 nitrogen and oxygen atoms in total. The predicted octanol–water partition coefficient (Wildman–Crippen LogP) is 0.646. The number of nitrogens with two attached hydrogens (primary N) is 1. The molecule has 0 aliphatic carbocycles. The van der Waals surface area contributed by atoms with Gasteiger partial charge in [0, 0.05) is 0 Å². The molecule has 3 rings (SSSR count). The SMILES string of the molecule is CC(C)OC(=O)CNP(=S)(NC(C)C(=O)OC(C)C)OCC1(C(F)F)OC(n2cnc3c(=O)[nH]c(N)nc32)C(F)C1O. The molecule has 3 heterocycles. The minimum Gasteiger partial charge on any atom is -0.462 e. The predicted molar refractivity (Wildman–Crippen MR) is 146 cm³/mol. The zero-order valence-electron chi connectivity index (χ0n) is 23.2. The molecule has 2 aromatic rings. The molecule has 0 spiro atoms. The zero-order valence-corrected chi connectivity index (χ0v) is 25.0. The molecule has 1 aliphatic heterocycles. The van der Waals surface area contributed by atoms with Crippen LogP contribution in [0.2, 0.25) is 0 Å². The molecule has 1 fully saturated rings. The van der Waals surface area contributed by atoms with E-state index in [2.05, 4.69) is 25.1 Å². The van der Waals surface area contributed by atoms with Crippen LogP contribution in [0.3, 0.4) is 0 Å². The van der Waals surface area contributed by atoms with Crippen molar-refractivity contribution >= 4 is 47.4 Å². The number of ether oxygens (including phenoxy) is 3. The number of aromatic nitrogens is 4. The number of nitrogens with one attached hydrogen (secondary N) is 3. The molecule has 6 N–H and O–H groups in total. The highest BCUT2D eigenvalue weighted by molar-refractivity contribution is 8.10. The van der Waals surface area contributed by atoms with E-state index in [4.69, 9.17) is 36.3 Å². The summed E-state index contributed by atoms with van der Waals surface area (Å²) >= 11 is 5.48. The normalized spacial score (nSPS) is 24.8. The van der Waals surface area contributed by atoms with E-state index in [1.807, 2.05) is 0 Å². The summed E-state index contributed by atoms with van der Waals surface area (Å²) in [7, 11) is 0. The smallest absolute Gasteiger partial charge is 0.323 e. The third kappa shape index (κ3) is 7.45. The van der Waals surface area contributed by atoms with E-state index in [-0.39, 0.29) is 17.1 Å². The summed E-state index contributed by atoms with van der Waals surface area (Å²) < 4.78 is 66.6. The van der Waals surface area contributed by atoms with Crippen molar-refractivity contribution in [1.82, 2.24) is 29.7 Å². The van der Waals surface area contributed by atoms with E-state index in [1.165, 1.54) is 6.92 Å². The van der Waals surface area contributed by atoms with Crippen LogP contribution in [0.25, 0.3) is 11.2 Å². The van der Waals surface area contributed by atoms with E-state index in [0.717, 1.165) is 10.9 Å². The number of anilines is 1. The molecule has 0 aromatic carbocycles. The molecule has 20 heteroatoms. The van der Waals surface area contributed by atoms with Gasteiger partial charge in [0.2, 0.25) is 5.95 Å². The lowest BCUT2D eigenvalue weighted by Gasteiger charge is -2.34. The van der Waals surface area contributed by atoms with Crippen LogP contribution < -0.4 is 21.5 Å². The number of nitrogens with zero attached hydrogens (tertiary/aromatic N) is 3. The number of nitrogen functional groups attached to an aromatic ring is 1. The minimum absolute atomic E-state index is 0.278. The first-order valence-corrected chi connectivity index (χ1v) is 15.4. The molecule has 2 aromatic heterocycles. The number of imidazole rings is 1. The third-order valence-corrected chi connectivity index (χ3v) is 8.66. The van der Waals surface area contributed by atoms with Crippen LogP contribution in [0.15, 0.2) is 11.1 Å². The van der Waals surface area contributed by atoms with Gasteiger partial charge in [-0.15, -0.1) is 0 Å². The molecule has 6 atom stereocenters. The fourth-order valence-electron chi connectivity index (χ4n) is 3.92. The number of aliphatic hydroxyl groups excluding tert-OH is 1. The third-order valence-electron chi connectivity index (χ3n) is 5.85. The number of aliphatic hydroxyl groups is 1. The lowest BCUT2D eigenvalue weighted by molar-refractivity contribution is -0.190. The number of carbonyl (C=O) groups is 2. The van der Waals surface area contributed by atoms with Crippen molar-refractivity contribution < 1.29 is 46.6 Å². The van der Waals surface area contributed by atoms with Crippen LogP contribution in [0, 0.1) is 0 Å². The molecule has 42 heavy (non-hydrogen) atoms. The van der Waals surface area contributed by atoms with Gasteiger partial charge in [-0.2, -0.15) is 4.98 Å². The molecule has 0 bridgehead atoms. The van der Waals surface area contributed by atoms with Gasteiger partial charge in [-0.25, -0.2) is 28.3 Å². The molecule has 6 unspecified atom stereocenters. The summed E-state index contributed by atoms with van der Waals surface area (Å²) in [6.07, 6.45) is -10.5. The van der Waals surface area contributed by atoms with Crippen LogP contribution in [0.5, 0.6) is 0 Å². The van der Waals surface area contributed by atoms with E-state index >= 15 is 4.39 Å². The Morgan fingerprint density at radius 2 is 1.93 bits per heavy atom. The first-order chi connectivity index (χ1) is 19.5. The highest BCUT2D eigenvalue weighted by atomic mass is 32.4. The monoisotopic (exact) mass is 643 g/mol. The number of fused-ring (bicyclic) bond motifs is 1. The van der Waals surface area contributed by atoms with Gasteiger partial charge in [0.25, 0.3) is 12.0 Å². The number of halogens is 3. The van der Waals surface area contributed by atoms with Gasteiger partial charge in [0.05, 0.1) is 25.1 Å². The highest BCUT2D eigenvalue weighted by Gasteiger charge is 2.62. The summed E-state index contributed by atoms with van der Waals surface area (Å²) in [6.45, 7) is 2.25. The van der Waals surface area contributed by atoms with Crippen LogP contribution >= 0.6 is 6.57 Å². The van der Waals surface area contributed by atoms with Crippen LogP contribution in [0.1, 0.15) is 40.8 Å². The lowest BCUT2D eigenvalue weighted by Crippen LogP contribution is -2.52. The molecular weight excluding hydrogens is 610 g/mol. The standard InChI is InChI=1S/C22H33F3N7O8PS/c1-9(2)38-12(33)6-28-41(42,31-11(5)19(36)39-10(3)4)37-7-22(20(24)25)15(34)13(23)18(40-22)32-8-27-14-16(32)29-21(26)30-17(14)35/h8-11,13,15,18,20,34H,6-7H2,1-5H3,(H2,28,31,42)(H3,26,29,30,35). The van der Waals surface area contributed by atoms with Gasteiger partial charge in [0.1, 0.15) is 18.7 Å². The highest BCUT2D eigenvalue weighted by Crippen LogP contribution is 2.47. The summed E-state index contributed by atoms with van der Waals surface area (Å²) in [6, 6.07) is -1.14. The first kappa shape index (κ1) is 33.8. The number of carbonyl (C=O) groups excluding carboxylic acids is 2. The molecular formula is C22H33F3N7O8PS. The van der Waals surface area contributed by atoms with Crippen molar-refractivity contribution in [2.45, 2.75) is 83.4 Å². The van der Waals surface area contributed by atoms with Crippen molar-refractivity contribution in [3.05, 3.63) is 16.7 Å². The number of hydrogen-bond donors (Lipinski definition) is 5. The number of alkyl halides is 3. The number of hydrogen-bond acceptors (Lipinski definition) is 12. The topological polar surface area (TPSA) is 205 Å². The second-order valence-electron chi connectivity index (χ2n) is 9.96. The Kier molecular flexibility index (Phi) is 10.7. The van der Waals surface area contributed by atoms with Crippen molar-refractivity contribution in [3.63, 3.8) is 0 Å². The van der Waals surface area contributed by atoms with E-state index < -0.39 is 86.0 Å². The van der Waals surface area contributed by atoms with Crippen LogP contribution in [0.4, 0.5) is 19.1 Å². The van der Waals surface area contributed by atoms with Gasteiger partial charge >= 0.3 is 11.9 Å². The molecule has 0 radical (unpaired) electrons. The molecule has 0 saturated carbocycles. The quantitative estimate of drug-likeness (QED) is 0.150. The molecule has 236 valence electrons. The average Bonchev–Trinajstić information content (AvgIpc) is 3.40. The first-order valence-electron chi connectivity index (χ1n) is 12.7. The van der Waals surface area contributed by atoms with Gasteiger partial charge < -0.3 is 29.6 Å². The maximum absolute atomic E-state index is 15.4. The van der Waals surface area contributed by atoms with Crippen molar-refractivity contribution in [2.24, 2.45) is 0 Å². The maximum atomic E-state index is 15.4. The number of aromatic amines is 1. The fourth-order valence-corrected chi connectivity index (χ4v) is 6.34. The van der Waals surface area contributed by atoms with Gasteiger partial charge in [-0.05, 0) is 46.4 Å². The number of esters is 2. The number of H-pyrrole nitrogens is 1. The Bertz CT molecular complexity index is 1400. The Labute approximate surface area is 242 Å². The molecule has 1 saturated heterocycles. The Morgan fingerprint density at radius 1 is 1.29 bits per heavy atom. The second kappa shape index (κ2) is 13.3. The maximum Gasteiger partial charge on any atom is 0.323 e. The Morgan fingerprint density at radius 3 is 2.52 bits per heavy atom. The van der Waals surface area contributed by atoms with Gasteiger partial charge in [-0.3, -0.25) is 23.9 Å². The van der Waals surface area contributed by atoms with E-state index in [1.54, 1.807) is 27.7 Å². The molecule has 1 aliphatic rings. The minimum atomic E-state index is -3.79. The van der Waals surface area contributed by atoms with Crippen molar-refractivity contribution in [3.8, 4) is 0 Å². The summed E-state index contributed by atoms with van der Waals surface area (Å²) in [5.74, 6) is -1.88. The summed E-state index contributed by atoms with van der Waals surface area (Å²) in [4.78, 5) is 46.5. The van der Waals surface area contributed by atoms with Crippen LogP contribution in [-0.2, 0) is 40.1 Å². The zero-order chi connectivity index (χ0) is 31.6. The summed E-state index contributed by atoms with van der Waals surface area (Å²) in [5.41, 5.74) is 1.23. The number of rotatable bonds is 13. The van der Waals surface area contributed by atoms with Crippen LogP contribution in [-0.4, -0.2) is 92.3 Å². The largest absolute Gasteiger partial charge is 0.462 e. The van der Waals surface area contributed by atoms with Gasteiger partial charge in [0.15, 0.2) is 35.7 Å². The summed E-state index contributed by atoms with van der Waals surface area (Å²) in [5, 5.41) is 15.9. The van der Waals surface area contributed by atoms with Gasteiger partial charge in [-0.1, -0.05) is 0 Å². The molecule has 0 amide bonds.